The number of nitriles is 1. The van der Waals surface area contributed by atoms with Crippen molar-refractivity contribution in [2.75, 3.05) is 6.54 Å². The zero-order valence-corrected chi connectivity index (χ0v) is 7.53. The lowest BCUT2D eigenvalue weighted by Gasteiger charge is -2.02. The molecule has 0 fully saturated rings. The van der Waals surface area contributed by atoms with Crippen LogP contribution in [-0.4, -0.2) is 6.54 Å². The molecule has 1 rings (SSSR count). The molecule has 66 valence electrons. The number of rotatable bonds is 3. The molecule has 1 heterocycles. The summed E-state index contributed by atoms with van der Waals surface area (Å²) in [4.78, 5) is 3.48. The summed E-state index contributed by atoms with van der Waals surface area (Å²) in [6.45, 7) is 0.224. The maximum absolute atomic E-state index is 8.54. The summed E-state index contributed by atoms with van der Waals surface area (Å²) >= 11 is 1.40. The molecule has 0 spiro atoms. The fourth-order valence-electron chi connectivity index (χ4n) is 0.820. The second kappa shape index (κ2) is 4.48. The van der Waals surface area contributed by atoms with Gasteiger partial charge in [0.2, 0.25) is 0 Å². The molecule has 0 saturated carbocycles. The van der Waals surface area contributed by atoms with Crippen molar-refractivity contribution in [3.63, 3.8) is 0 Å². The fraction of sp³-hybridized carbons (Fsp3) is 0.286. The Morgan fingerprint density at radius 3 is 3.15 bits per heavy atom. The van der Waals surface area contributed by atoms with Crippen LogP contribution in [0, 0.1) is 11.3 Å². The van der Waals surface area contributed by atoms with Crippen LogP contribution in [0.15, 0.2) is 16.6 Å². The van der Waals surface area contributed by atoms with E-state index in [0.717, 1.165) is 4.88 Å². The molecule has 2 N–H and O–H groups in total. The number of nitrogens with zero attached hydrogens (tertiary/aromatic N) is 4. The molecule has 0 aliphatic carbocycles. The molecule has 1 atom stereocenters. The molecule has 1 aromatic rings. The van der Waals surface area contributed by atoms with E-state index in [4.69, 9.17) is 16.5 Å². The van der Waals surface area contributed by atoms with Crippen molar-refractivity contribution >= 4 is 11.3 Å². The lowest BCUT2D eigenvalue weighted by atomic mass is 10.2. The van der Waals surface area contributed by atoms with Gasteiger partial charge in [-0.15, -0.1) is 11.3 Å². The summed E-state index contributed by atoms with van der Waals surface area (Å²) in [6, 6.07) is 3.42. The Bertz CT molecular complexity index is 370. The van der Waals surface area contributed by atoms with Crippen LogP contribution in [-0.2, 0) is 0 Å². The Morgan fingerprint density at radius 2 is 2.62 bits per heavy atom. The minimum absolute atomic E-state index is 0.224. The summed E-state index contributed by atoms with van der Waals surface area (Å²) in [5.74, 6) is 0. The van der Waals surface area contributed by atoms with Gasteiger partial charge in [0.15, 0.2) is 0 Å². The Labute approximate surface area is 79.0 Å². The molecule has 0 aliphatic rings. The van der Waals surface area contributed by atoms with Crippen molar-refractivity contribution in [2.24, 2.45) is 10.8 Å². The Balaban J connectivity index is 2.72. The second-order valence-corrected chi connectivity index (χ2v) is 3.31. The van der Waals surface area contributed by atoms with Crippen molar-refractivity contribution in [1.82, 2.24) is 0 Å². The summed E-state index contributed by atoms with van der Waals surface area (Å²) in [7, 11) is 0. The Morgan fingerprint density at radius 1 is 1.85 bits per heavy atom. The number of nitrogens with two attached hydrogens (primary N) is 1. The van der Waals surface area contributed by atoms with Gasteiger partial charge >= 0.3 is 0 Å². The number of hydrogen-bond donors (Lipinski definition) is 1. The van der Waals surface area contributed by atoms with Gasteiger partial charge in [-0.3, -0.25) is 0 Å². The molecule has 0 radical (unpaired) electrons. The van der Waals surface area contributed by atoms with Gasteiger partial charge < -0.3 is 5.73 Å². The molecule has 0 amide bonds. The van der Waals surface area contributed by atoms with Crippen molar-refractivity contribution in [3.8, 4) is 6.07 Å². The third-order valence-electron chi connectivity index (χ3n) is 1.46. The van der Waals surface area contributed by atoms with Crippen molar-refractivity contribution in [3.05, 3.63) is 32.3 Å². The van der Waals surface area contributed by atoms with Crippen molar-refractivity contribution < 1.29 is 0 Å². The number of hydrogen-bond acceptors (Lipinski definition) is 4. The molecule has 0 bridgehead atoms. The van der Waals surface area contributed by atoms with Gasteiger partial charge in [0, 0.05) is 27.8 Å². The van der Waals surface area contributed by atoms with Gasteiger partial charge in [0.25, 0.3) is 0 Å². The third-order valence-corrected chi connectivity index (χ3v) is 2.52. The van der Waals surface area contributed by atoms with E-state index >= 15 is 0 Å². The van der Waals surface area contributed by atoms with Crippen molar-refractivity contribution in [2.45, 2.75) is 6.04 Å². The van der Waals surface area contributed by atoms with Crippen LogP contribution >= 0.6 is 11.3 Å². The molecule has 1 unspecified atom stereocenters. The quantitative estimate of drug-likeness (QED) is 0.450. The minimum Gasteiger partial charge on any atom is -0.323 e. The van der Waals surface area contributed by atoms with Gasteiger partial charge in [-0.05, 0) is 11.6 Å². The van der Waals surface area contributed by atoms with E-state index in [2.05, 4.69) is 10.0 Å². The highest BCUT2D eigenvalue weighted by molar-refractivity contribution is 7.10. The average molecular weight is 193 g/mol. The lowest BCUT2D eigenvalue weighted by Crippen LogP contribution is -2.11. The average Bonchev–Trinajstić information content (AvgIpc) is 2.62. The first kappa shape index (κ1) is 9.55. The number of thiophene rings is 1. The van der Waals surface area contributed by atoms with Gasteiger partial charge in [-0.25, -0.2) is 0 Å². The highest BCUT2D eigenvalue weighted by Gasteiger charge is 2.07. The molecule has 0 aromatic carbocycles. The summed E-state index contributed by atoms with van der Waals surface area (Å²) < 4.78 is 0. The molecule has 1 aromatic heterocycles. The molecule has 6 heteroatoms. The van der Waals surface area contributed by atoms with Crippen LogP contribution in [0.4, 0.5) is 0 Å². The summed E-state index contributed by atoms with van der Waals surface area (Å²) in [5.41, 5.74) is 14.3. The normalized spacial score (nSPS) is 11.4. The van der Waals surface area contributed by atoms with Crippen LogP contribution in [0.25, 0.3) is 10.4 Å². The van der Waals surface area contributed by atoms with E-state index in [1.807, 2.05) is 6.07 Å². The monoisotopic (exact) mass is 193 g/mol. The Hall–Kier alpha value is -1.54. The standard InChI is InChI=1S/C7H7N5S/c8-2-5-1-7(13-4-5)6(9)3-11-12-10/h1,4,6H,3,9H2. The van der Waals surface area contributed by atoms with Crippen LogP contribution in [0.1, 0.15) is 16.5 Å². The SMILES string of the molecule is N#Cc1csc(C(N)CN=[N+]=[N-])c1. The highest BCUT2D eigenvalue weighted by atomic mass is 32.1. The summed E-state index contributed by atoms with van der Waals surface area (Å²) in [6.07, 6.45) is 0. The van der Waals surface area contributed by atoms with Gasteiger partial charge in [-0.1, -0.05) is 5.11 Å². The maximum atomic E-state index is 8.54. The highest BCUT2D eigenvalue weighted by Crippen LogP contribution is 2.20. The smallest absolute Gasteiger partial charge is 0.100 e. The lowest BCUT2D eigenvalue weighted by molar-refractivity contribution is 0.747. The van der Waals surface area contributed by atoms with Gasteiger partial charge in [0.1, 0.15) is 6.07 Å². The van der Waals surface area contributed by atoms with Crippen LogP contribution < -0.4 is 5.73 Å². The Kier molecular flexibility index (Phi) is 3.29. The van der Waals surface area contributed by atoms with E-state index in [1.54, 1.807) is 11.4 Å². The third kappa shape index (κ3) is 2.46. The van der Waals surface area contributed by atoms with Crippen LogP contribution in [0.2, 0.25) is 0 Å². The molecule has 13 heavy (non-hydrogen) atoms. The largest absolute Gasteiger partial charge is 0.323 e. The predicted octanol–water partition coefficient (Wildman–Crippen LogP) is 1.93. The van der Waals surface area contributed by atoms with E-state index in [1.165, 1.54) is 11.3 Å². The topological polar surface area (TPSA) is 98.6 Å². The maximum Gasteiger partial charge on any atom is 0.100 e. The van der Waals surface area contributed by atoms with Gasteiger partial charge in [0.05, 0.1) is 5.56 Å². The van der Waals surface area contributed by atoms with E-state index < -0.39 is 0 Å². The zero-order valence-electron chi connectivity index (χ0n) is 6.71. The first-order valence-electron chi connectivity index (χ1n) is 3.53. The zero-order chi connectivity index (χ0) is 9.68. The first-order valence-corrected chi connectivity index (χ1v) is 4.41. The molecule has 0 saturated heterocycles. The van der Waals surface area contributed by atoms with Crippen molar-refractivity contribution in [1.29, 1.82) is 5.26 Å². The van der Waals surface area contributed by atoms with Gasteiger partial charge in [-0.2, -0.15) is 5.26 Å². The molecular formula is C7H7N5S. The number of azide groups is 1. The van der Waals surface area contributed by atoms with E-state index in [9.17, 15) is 0 Å². The molecule has 5 nitrogen and oxygen atoms in total. The first-order chi connectivity index (χ1) is 6.27. The van der Waals surface area contributed by atoms with E-state index in [0.29, 0.717) is 5.56 Å². The predicted molar refractivity (Wildman–Crippen MR) is 50.0 cm³/mol. The molecular weight excluding hydrogens is 186 g/mol. The van der Waals surface area contributed by atoms with E-state index in [-0.39, 0.29) is 12.6 Å². The summed E-state index contributed by atoms with van der Waals surface area (Å²) in [5, 5.41) is 13.6. The van der Waals surface area contributed by atoms with Crippen LogP contribution in [0.5, 0.6) is 0 Å². The minimum atomic E-state index is -0.303. The van der Waals surface area contributed by atoms with Crippen LogP contribution in [0.3, 0.4) is 0 Å². The fourth-order valence-corrected chi connectivity index (χ4v) is 1.65. The second-order valence-electron chi connectivity index (χ2n) is 2.37. The molecule has 0 aliphatic heterocycles.